The first-order valence-electron chi connectivity index (χ1n) is 7.95. The highest BCUT2D eigenvalue weighted by atomic mass is 16.5. The van der Waals surface area contributed by atoms with Gasteiger partial charge in [0.05, 0.1) is 5.54 Å². The highest BCUT2D eigenvalue weighted by Crippen LogP contribution is 2.27. The van der Waals surface area contributed by atoms with Crippen molar-refractivity contribution >= 4 is 5.91 Å². The van der Waals surface area contributed by atoms with E-state index >= 15 is 0 Å². The lowest BCUT2D eigenvalue weighted by Crippen LogP contribution is -2.58. The van der Waals surface area contributed by atoms with Crippen LogP contribution in [-0.4, -0.2) is 35.8 Å². The molecule has 1 amide bonds. The van der Waals surface area contributed by atoms with Gasteiger partial charge in [-0.2, -0.15) is 0 Å². The highest BCUT2D eigenvalue weighted by Gasteiger charge is 2.37. The van der Waals surface area contributed by atoms with Gasteiger partial charge in [0.2, 0.25) is 5.91 Å². The Morgan fingerprint density at radius 1 is 1.36 bits per heavy atom. The summed E-state index contributed by atoms with van der Waals surface area (Å²) in [5.41, 5.74) is 5.93. The molecule has 0 saturated heterocycles. The number of amides is 1. The molecule has 0 radical (unpaired) electrons. The fourth-order valence-corrected chi connectivity index (χ4v) is 2.94. The van der Waals surface area contributed by atoms with Crippen molar-refractivity contribution in [2.45, 2.75) is 50.7 Å². The molecule has 1 aromatic carbocycles. The number of ether oxygens (including phenoxy) is 1. The molecule has 1 saturated carbocycles. The van der Waals surface area contributed by atoms with Gasteiger partial charge in [-0.1, -0.05) is 37.5 Å². The zero-order valence-corrected chi connectivity index (χ0v) is 13.2. The normalized spacial score (nSPS) is 18.6. The number of nitrogens with two attached hydrogens (primary N) is 1. The average Bonchev–Trinajstić information content (AvgIpc) is 2.53. The van der Waals surface area contributed by atoms with Crippen LogP contribution >= 0.6 is 0 Å². The van der Waals surface area contributed by atoms with Crippen molar-refractivity contribution in [1.82, 2.24) is 5.32 Å². The van der Waals surface area contributed by atoms with Crippen LogP contribution in [0, 0.1) is 6.92 Å². The number of β-amino-alcohol motifs (C(OH)–C–C–N with tert-alkyl or cyclic N) is 1. The molecule has 4 N–H and O–H groups in total. The third-order valence-electron chi connectivity index (χ3n) is 4.38. The Hall–Kier alpha value is -1.59. The second kappa shape index (κ2) is 7.61. The van der Waals surface area contributed by atoms with Gasteiger partial charge in [0.15, 0.2) is 0 Å². The van der Waals surface area contributed by atoms with Crippen LogP contribution in [0.2, 0.25) is 0 Å². The van der Waals surface area contributed by atoms with Crippen LogP contribution < -0.4 is 15.8 Å². The van der Waals surface area contributed by atoms with Crippen molar-refractivity contribution < 1.29 is 14.6 Å². The maximum Gasteiger partial charge on any atom is 0.237 e. The molecule has 0 aliphatic heterocycles. The quantitative estimate of drug-likeness (QED) is 0.713. The van der Waals surface area contributed by atoms with Gasteiger partial charge in [-0.3, -0.25) is 4.79 Å². The van der Waals surface area contributed by atoms with Crippen molar-refractivity contribution in [2.24, 2.45) is 5.73 Å². The molecular weight excluding hydrogens is 280 g/mol. The van der Waals surface area contributed by atoms with Gasteiger partial charge in [-0.05, 0) is 31.4 Å². The van der Waals surface area contributed by atoms with Gasteiger partial charge in [-0.15, -0.1) is 0 Å². The van der Waals surface area contributed by atoms with Crippen molar-refractivity contribution in [3.8, 4) is 5.75 Å². The van der Waals surface area contributed by atoms with Gasteiger partial charge >= 0.3 is 0 Å². The molecule has 0 spiro atoms. The average molecular weight is 306 g/mol. The van der Waals surface area contributed by atoms with E-state index in [0.717, 1.165) is 43.4 Å². The summed E-state index contributed by atoms with van der Waals surface area (Å²) in [6.45, 7) is 2.45. The van der Waals surface area contributed by atoms with Crippen LogP contribution in [0.15, 0.2) is 24.3 Å². The Balaban J connectivity index is 1.82. The Kier molecular flexibility index (Phi) is 5.80. The standard InChI is InChI=1S/C17H26N2O3/c1-13-7-3-4-8-15(13)22-12-14(20)11-19-17(16(18)21)9-5-2-6-10-17/h3-4,7-8,14,19-20H,2,5-6,9-12H2,1H3,(H2,18,21). The Labute approximate surface area is 131 Å². The first-order chi connectivity index (χ1) is 10.5. The number of para-hydroxylation sites is 1. The van der Waals surface area contributed by atoms with E-state index in [1.54, 1.807) is 0 Å². The van der Waals surface area contributed by atoms with E-state index < -0.39 is 11.6 Å². The van der Waals surface area contributed by atoms with Crippen molar-refractivity contribution in [3.05, 3.63) is 29.8 Å². The topological polar surface area (TPSA) is 84.6 Å². The number of aliphatic hydroxyl groups excluding tert-OH is 1. The second-order valence-corrected chi connectivity index (χ2v) is 6.12. The first-order valence-corrected chi connectivity index (χ1v) is 7.95. The predicted octanol–water partition coefficient (Wildman–Crippen LogP) is 1.51. The minimum absolute atomic E-state index is 0.187. The van der Waals surface area contributed by atoms with E-state index in [1.807, 2.05) is 31.2 Å². The number of primary amides is 1. The van der Waals surface area contributed by atoms with Crippen LogP contribution in [0.25, 0.3) is 0 Å². The molecule has 1 aromatic rings. The number of carbonyl (C=O) groups is 1. The number of aliphatic hydroxyl groups is 1. The lowest BCUT2D eigenvalue weighted by Gasteiger charge is -2.36. The number of carbonyl (C=O) groups excluding carboxylic acids is 1. The third kappa shape index (κ3) is 4.21. The van der Waals surface area contributed by atoms with E-state index in [1.165, 1.54) is 0 Å². The number of aryl methyl sites for hydroxylation is 1. The monoisotopic (exact) mass is 306 g/mol. The number of rotatable bonds is 7. The lowest BCUT2D eigenvalue weighted by atomic mass is 9.81. The van der Waals surface area contributed by atoms with Gasteiger partial charge in [0, 0.05) is 6.54 Å². The highest BCUT2D eigenvalue weighted by molar-refractivity contribution is 5.84. The van der Waals surface area contributed by atoms with Crippen molar-refractivity contribution in [2.75, 3.05) is 13.2 Å². The number of hydrogen-bond donors (Lipinski definition) is 3. The number of hydrogen-bond acceptors (Lipinski definition) is 4. The van der Waals surface area contributed by atoms with E-state index in [2.05, 4.69) is 5.32 Å². The summed E-state index contributed by atoms with van der Waals surface area (Å²) in [6, 6.07) is 7.68. The van der Waals surface area contributed by atoms with Crippen molar-refractivity contribution in [1.29, 1.82) is 0 Å². The predicted molar refractivity (Wildman–Crippen MR) is 85.7 cm³/mol. The summed E-state index contributed by atoms with van der Waals surface area (Å²) < 4.78 is 5.63. The summed E-state index contributed by atoms with van der Waals surface area (Å²) in [5, 5.41) is 13.3. The van der Waals surface area contributed by atoms with Gasteiger partial charge < -0.3 is 20.9 Å². The summed E-state index contributed by atoms with van der Waals surface area (Å²) in [6.07, 6.45) is 3.92. The molecule has 1 unspecified atom stereocenters. The molecule has 0 aromatic heterocycles. The molecule has 0 bridgehead atoms. The molecular formula is C17H26N2O3. The Morgan fingerprint density at radius 3 is 2.68 bits per heavy atom. The minimum Gasteiger partial charge on any atom is -0.491 e. The SMILES string of the molecule is Cc1ccccc1OCC(O)CNC1(C(N)=O)CCCCC1. The number of nitrogens with one attached hydrogen (secondary N) is 1. The maximum absolute atomic E-state index is 11.8. The molecule has 122 valence electrons. The smallest absolute Gasteiger partial charge is 0.237 e. The molecule has 22 heavy (non-hydrogen) atoms. The number of benzene rings is 1. The molecule has 1 aliphatic rings. The maximum atomic E-state index is 11.8. The van der Waals surface area contributed by atoms with Crippen LogP contribution in [0.5, 0.6) is 5.75 Å². The van der Waals surface area contributed by atoms with Crippen molar-refractivity contribution in [3.63, 3.8) is 0 Å². The van der Waals surface area contributed by atoms with E-state index in [0.29, 0.717) is 6.54 Å². The molecule has 1 aliphatic carbocycles. The van der Waals surface area contributed by atoms with Crippen LogP contribution in [-0.2, 0) is 4.79 Å². The van der Waals surface area contributed by atoms with Crippen LogP contribution in [0.4, 0.5) is 0 Å². The molecule has 1 fully saturated rings. The van der Waals surface area contributed by atoms with E-state index in [-0.39, 0.29) is 12.5 Å². The second-order valence-electron chi connectivity index (χ2n) is 6.12. The van der Waals surface area contributed by atoms with Crippen LogP contribution in [0.3, 0.4) is 0 Å². The Bertz CT molecular complexity index is 498. The summed E-state index contributed by atoms with van der Waals surface area (Å²) in [4.78, 5) is 11.8. The molecule has 5 nitrogen and oxygen atoms in total. The largest absolute Gasteiger partial charge is 0.491 e. The van der Waals surface area contributed by atoms with E-state index in [4.69, 9.17) is 10.5 Å². The summed E-state index contributed by atoms with van der Waals surface area (Å²) >= 11 is 0. The van der Waals surface area contributed by atoms with Gasteiger partial charge in [0.1, 0.15) is 18.5 Å². The molecule has 2 rings (SSSR count). The zero-order valence-electron chi connectivity index (χ0n) is 13.2. The van der Waals surface area contributed by atoms with E-state index in [9.17, 15) is 9.90 Å². The summed E-state index contributed by atoms with van der Waals surface area (Å²) in [5.74, 6) is 0.447. The third-order valence-corrected chi connectivity index (χ3v) is 4.38. The lowest BCUT2D eigenvalue weighted by molar-refractivity contribution is -0.126. The minimum atomic E-state index is -0.683. The Morgan fingerprint density at radius 2 is 2.05 bits per heavy atom. The fourth-order valence-electron chi connectivity index (χ4n) is 2.94. The van der Waals surface area contributed by atoms with Gasteiger partial charge in [-0.25, -0.2) is 0 Å². The summed E-state index contributed by atoms with van der Waals surface area (Å²) in [7, 11) is 0. The first kappa shape index (κ1) is 16.8. The zero-order chi connectivity index (χ0) is 16.0. The van der Waals surface area contributed by atoms with Gasteiger partial charge in [0.25, 0.3) is 0 Å². The fraction of sp³-hybridized carbons (Fsp3) is 0.588. The van der Waals surface area contributed by atoms with Crippen LogP contribution in [0.1, 0.15) is 37.7 Å². The molecule has 5 heteroatoms. The molecule has 0 heterocycles. The molecule has 1 atom stereocenters.